The first-order chi connectivity index (χ1) is 8.04. The summed E-state index contributed by atoms with van der Waals surface area (Å²) in [7, 11) is 0. The zero-order valence-electron chi connectivity index (χ0n) is 11.4. The second kappa shape index (κ2) is 7.00. The van der Waals surface area contributed by atoms with Crippen LogP contribution in [0.1, 0.15) is 52.9 Å². The Labute approximate surface area is 105 Å². The Hall–Kier alpha value is -0.570. The Morgan fingerprint density at radius 3 is 2.71 bits per heavy atom. The number of hydrogen-bond donors (Lipinski definition) is 2. The van der Waals surface area contributed by atoms with Gasteiger partial charge in [-0.05, 0) is 31.1 Å². The lowest BCUT2D eigenvalue weighted by Crippen LogP contribution is -2.37. The van der Waals surface area contributed by atoms with Crippen molar-refractivity contribution in [3.05, 3.63) is 0 Å². The molecule has 0 spiro atoms. The summed E-state index contributed by atoms with van der Waals surface area (Å²) in [6.45, 7) is 6.97. The number of carbonyl (C=O) groups excluding carboxylic acids is 1. The van der Waals surface area contributed by atoms with Crippen LogP contribution in [0.5, 0.6) is 0 Å². The first kappa shape index (κ1) is 14.5. The number of carbonyl (C=O) groups is 1. The summed E-state index contributed by atoms with van der Waals surface area (Å²) in [4.78, 5) is 11.9. The van der Waals surface area contributed by atoms with Gasteiger partial charge < -0.3 is 10.4 Å². The quantitative estimate of drug-likeness (QED) is 0.776. The van der Waals surface area contributed by atoms with Crippen molar-refractivity contribution in [2.24, 2.45) is 17.8 Å². The lowest BCUT2D eigenvalue weighted by Gasteiger charge is -2.27. The minimum absolute atomic E-state index is 0.0912. The molecule has 1 aliphatic carbocycles. The van der Waals surface area contributed by atoms with Gasteiger partial charge in [-0.3, -0.25) is 4.79 Å². The van der Waals surface area contributed by atoms with E-state index in [4.69, 9.17) is 0 Å². The highest BCUT2D eigenvalue weighted by Crippen LogP contribution is 2.23. The molecule has 0 saturated heterocycles. The van der Waals surface area contributed by atoms with Crippen molar-refractivity contribution >= 4 is 5.91 Å². The van der Waals surface area contributed by atoms with E-state index in [2.05, 4.69) is 19.2 Å². The topological polar surface area (TPSA) is 49.3 Å². The van der Waals surface area contributed by atoms with Crippen LogP contribution in [0, 0.1) is 17.8 Å². The average Bonchev–Trinajstić information content (AvgIpc) is 2.34. The molecule has 4 unspecified atom stereocenters. The first-order valence-corrected chi connectivity index (χ1v) is 7.00. The lowest BCUT2D eigenvalue weighted by molar-refractivity contribution is -0.126. The van der Waals surface area contributed by atoms with Gasteiger partial charge in [0.25, 0.3) is 0 Å². The average molecular weight is 241 g/mol. The molecule has 3 nitrogen and oxygen atoms in total. The molecule has 1 aliphatic rings. The van der Waals surface area contributed by atoms with Crippen molar-refractivity contribution in [1.29, 1.82) is 0 Å². The monoisotopic (exact) mass is 241 g/mol. The Morgan fingerprint density at radius 1 is 1.41 bits per heavy atom. The van der Waals surface area contributed by atoms with Crippen molar-refractivity contribution in [1.82, 2.24) is 5.32 Å². The summed E-state index contributed by atoms with van der Waals surface area (Å²) in [5.74, 6) is 1.16. The third-order valence-corrected chi connectivity index (χ3v) is 4.23. The fraction of sp³-hybridized carbons (Fsp3) is 0.929. The fourth-order valence-corrected chi connectivity index (χ4v) is 2.47. The molecule has 1 saturated carbocycles. The standard InChI is InChI=1S/C14H27NO2/c1-4-10(2)11(3)14(17)15-9-12-6-5-7-13(16)8-12/h10-13,16H,4-9H2,1-3H3,(H,15,17). The summed E-state index contributed by atoms with van der Waals surface area (Å²) in [5, 5.41) is 12.6. The Morgan fingerprint density at radius 2 is 2.12 bits per heavy atom. The summed E-state index contributed by atoms with van der Waals surface area (Å²) >= 11 is 0. The van der Waals surface area contributed by atoms with E-state index >= 15 is 0 Å². The molecule has 0 radical (unpaired) electrons. The van der Waals surface area contributed by atoms with Crippen LogP contribution in [-0.4, -0.2) is 23.7 Å². The molecule has 2 N–H and O–H groups in total. The van der Waals surface area contributed by atoms with Gasteiger partial charge in [0.2, 0.25) is 5.91 Å². The SMILES string of the molecule is CCC(C)C(C)C(=O)NCC1CCCC(O)C1. The maximum absolute atomic E-state index is 11.9. The molecule has 0 aromatic carbocycles. The van der Waals surface area contributed by atoms with Crippen molar-refractivity contribution in [3.8, 4) is 0 Å². The number of hydrogen-bond acceptors (Lipinski definition) is 2. The second-order valence-corrected chi connectivity index (χ2v) is 5.61. The van der Waals surface area contributed by atoms with Crippen molar-refractivity contribution in [3.63, 3.8) is 0 Å². The molecule has 0 aromatic rings. The van der Waals surface area contributed by atoms with Crippen molar-refractivity contribution < 1.29 is 9.90 Å². The van der Waals surface area contributed by atoms with Crippen molar-refractivity contribution in [2.75, 3.05) is 6.54 Å². The van der Waals surface area contributed by atoms with E-state index in [1.54, 1.807) is 0 Å². The molecule has 0 bridgehead atoms. The third kappa shape index (κ3) is 4.66. The summed E-state index contributed by atoms with van der Waals surface area (Å²) in [6.07, 6.45) is 4.87. The number of nitrogens with one attached hydrogen (secondary N) is 1. The maximum Gasteiger partial charge on any atom is 0.223 e. The molecule has 4 atom stereocenters. The predicted molar refractivity (Wildman–Crippen MR) is 69.6 cm³/mol. The van der Waals surface area contributed by atoms with Gasteiger partial charge >= 0.3 is 0 Å². The highest BCUT2D eigenvalue weighted by molar-refractivity contribution is 5.78. The number of aliphatic hydroxyl groups is 1. The summed E-state index contributed by atoms with van der Waals surface area (Å²) in [6, 6.07) is 0. The van der Waals surface area contributed by atoms with Gasteiger partial charge in [-0.15, -0.1) is 0 Å². The largest absolute Gasteiger partial charge is 0.393 e. The van der Waals surface area contributed by atoms with E-state index in [0.717, 1.165) is 38.6 Å². The van der Waals surface area contributed by atoms with Crippen LogP contribution in [0.4, 0.5) is 0 Å². The number of amides is 1. The summed E-state index contributed by atoms with van der Waals surface area (Å²) in [5.41, 5.74) is 0. The molecular weight excluding hydrogens is 214 g/mol. The molecule has 1 fully saturated rings. The molecule has 0 aromatic heterocycles. The molecular formula is C14H27NO2. The second-order valence-electron chi connectivity index (χ2n) is 5.61. The van der Waals surface area contributed by atoms with Gasteiger partial charge in [0.1, 0.15) is 0 Å². The Balaban J connectivity index is 2.27. The fourth-order valence-electron chi connectivity index (χ4n) is 2.47. The van der Waals surface area contributed by atoms with Gasteiger partial charge in [0.05, 0.1) is 6.10 Å². The molecule has 100 valence electrons. The molecule has 3 heteroatoms. The molecule has 1 rings (SSSR count). The van der Waals surface area contributed by atoms with Gasteiger partial charge in [-0.25, -0.2) is 0 Å². The van der Waals surface area contributed by atoms with Gasteiger partial charge in [-0.1, -0.05) is 33.6 Å². The molecule has 0 heterocycles. The minimum Gasteiger partial charge on any atom is -0.393 e. The number of aliphatic hydroxyl groups excluding tert-OH is 1. The van der Waals surface area contributed by atoms with E-state index in [-0.39, 0.29) is 17.9 Å². The van der Waals surface area contributed by atoms with Gasteiger partial charge in [0, 0.05) is 12.5 Å². The van der Waals surface area contributed by atoms with Gasteiger partial charge in [-0.2, -0.15) is 0 Å². The van der Waals surface area contributed by atoms with E-state index in [0.29, 0.717) is 11.8 Å². The predicted octanol–water partition coefficient (Wildman–Crippen LogP) is 2.34. The lowest BCUT2D eigenvalue weighted by atomic mass is 9.87. The maximum atomic E-state index is 11.9. The van der Waals surface area contributed by atoms with Gasteiger partial charge in [0.15, 0.2) is 0 Å². The van der Waals surface area contributed by atoms with Crippen LogP contribution in [0.15, 0.2) is 0 Å². The van der Waals surface area contributed by atoms with Crippen molar-refractivity contribution in [2.45, 2.75) is 59.0 Å². The van der Waals surface area contributed by atoms with Crippen LogP contribution in [0.2, 0.25) is 0 Å². The zero-order valence-corrected chi connectivity index (χ0v) is 11.4. The van der Waals surface area contributed by atoms with Crippen LogP contribution in [0.25, 0.3) is 0 Å². The normalized spacial score (nSPS) is 28.5. The smallest absolute Gasteiger partial charge is 0.223 e. The highest BCUT2D eigenvalue weighted by Gasteiger charge is 2.23. The third-order valence-electron chi connectivity index (χ3n) is 4.23. The molecule has 17 heavy (non-hydrogen) atoms. The van der Waals surface area contributed by atoms with E-state index in [1.807, 2.05) is 6.92 Å². The minimum atomic E-state index is -0.155. The highest BCUT2D eigenvalue weighted by atomic mass is 16.3. The van der Waals surface area contributed by atoms with Crippen LogP contribution < -0.4 is 5.32 Å². The van der Waals surface area contributed by atoms with Crippen LogP contribution >= 0.6 is 0 Å². The van der Waals surface area contributed by atoms with Crippen LogP contribution in [0.3, 0.4) is 0 Å². The van der Waals surface area contributed by atoms with E-state index in [1.165, 1.54) is 0 Å². The Kier molecular flexibility index (Phi) is 5.96. The molecule has 0 aliphatic heterocycles. The Bertz CT molecular complexity index is 242. The van der Waals surface area contributed by atoms with E-state index in [9.17, 15) is 9.90 Å². The summed E-state index contributed by atoms with van der Waals surface area (Å²) < 4.78 is 0. The number of rotatable bonds is 5. The first-order valence-electron chi connectivity index (χ1n) is 7.00. The molecule has 1 amide bonds. The van der Waals surface area contributed by atoms with Crippen LogP contribution in [-0.2, 0) is 4.79 Å². The zero-order chi connectivity index (χ0) is 12.8. The van der Waals surface area contributed by atoms with E-state index < -0.39 is 0 Å².